The van der Waals surface area contributed by atoms with Crippen LogP contribution in [0.15, 0.2) is 30.3 Å². The van der Waals surface area contributed by atoms with E-state index in [9.17, 15) is 5.11 Å². The van der Waals surface area contributed by atoms with Gasteiger partial charge in [0.05, 0.1) is 6.10 Å². The van der Waals surface area contributed by atoms with Crippen molar-refractivity contribution in [2.75, 3.05) is 18.0 Å². The number of imidazole rings is 1. The summed E-state index contributed by atoms with van der Waals surface area (Å²) in [6.45, 7) is 1.41. The van der Waals surface area contributed by atoms with Crippen LogP contribution in [0.2, 0.25) is 5.15 Å². The zero-order valence-electron chi connectivity index (χ0n) is 10.5. The molecular weight excluding hydrogens is 262 g/mol. The lowest BCUT2D eigenvalue weighted by Gasteiger charge is -2.14. The molecule has 0 spiro atoms. The van der Waals surface area contributed by atoms with Gasteiger partial charge in [-0.3, -0.25) is 0 Å². The Kier molecular flexibility index (Phi) is 3.44. The van der Waals surface area contributed by atoms with Gasteiger partial charge in [-0.1, -0.05) is 41.9 Å². The van der Waals surface area contributed by atoms with E-state index in [1.165, 1.54) is 5.56 Å². The smallest absolute Gasteiger partial charge is 0.166 e. The topological polar surface area (TPSA) is 52.1 Å². The van der Waals surface area contributed by atoms with Crippen LogP contribution < -0.4 is 4.90 Å². The Balaban J connectivity index is 1.78. The molecule has 1 saturated heterocycles. The maximum absolute atomic E-state index is 9.57. The average Bonchev–Trinajstić information content (AvgIpc) is 2.97. The lowest BCUT2D eigenvalue weighted by atomic mass is 10.1. The summed E-state index contributed by atoms with van der Waals surface area (Å²) in [6, 6.07) is 10.1. The highest BCUT2D eigenvalue weighted by molar-refractivity contribution is 6.31. The summed E-state index contributed by atoms with van der Waals surface area (Å²) in [4.78, 5) is 9.69. The van der Waals surface area contributed by atoms with Crippen molar-refractivity contribution in [3.8, 4) is 0 Å². The van der Waals surface area contributed by atoms with E-state index in [-0.39, 0.29) is 6.10 Å². The molecule has 4 nitrogen and oxygen atoms in total. The molecule has 1 atom stereocenters. The third-order valence-electron chi connectivity index (χ3n) is 3.37. The van der Waals surface area contributed by atoms with Gasteiger partial charge in [-0.2, -0.15) is 0 Å². The summed E-state index contributed by atoms with van der Waals surface area (Å²) in [5.74, 6) is 1.61. The first kappa shape index (κ1) is 12.5. The predicted molar refractivity (Wildman–Crippen MR) is 75.7 cm³/mol. The first-order chi connectivity index (χ1) is 9.22. The van der Waals surface area contributed by atoms with Crippen LogP contribution in [0, 0.1) is 0 Å². The number of aromatic amines is 1. The second-order valence-electron chi connectivity index (χ2n) is 4.87. The molecule has 1 unspecified atom stereocenters. The average molecular weight is 278 g/mol. The van der Waals surface area contributed by atoms with E-state index >= 15 is 0 Å². The number of aliphatic hydroxyl groups is 1. The van der Waals surface area contributed by atoms with Crippen molar-refractivity contribution in [3.05, 3.63) is 46.9 Å². The quantitative estimate of drug-likeness (QED) is 0.905. The monoisotopic (exact) mass is 277 g/mol. The lowest BCUT2D eigenvalue weighted by molar-refractivity contribution is 0.198. The first-order valence-corrected chi connectivity index (χ1v) is 6.81. The van der Waals surface area contributed by atoms with Crippen LogP contribution in [0.4, 0.5) is 5.82 Å². The van der Waals surface area contributed by atoms with Gasteiger partial charge in [-0.25, -0.2) is 4.98 Å². The van der Waals surface area contributed by atoms with Crippen LogP contribution in [-0.2, 0) is 6.42 Å². The molecule has 0 bridgehead atoms. The largest absolute Gasteiger partial charge is 0.391 e. The van der Waals surface area contributed by atoms with Crippen molar-refractivity contribution in [1.29, 1.82) is 0 Å². The summed E-state index contributed by atoms with van der Waals surface area (Å²) < 4.78 is 0. The standard InChI is InChI=1S/C14H16ClN3O/c15-13-14(18-7-6-11(19)9-18)17-12(16-13)8-10-4-2-1-3-5-10/h1-5,11,19H,6-9H2,(H,16,17). The van der Waals surface area contributed by atoms with Crippen LogP contribution in [0.25, 0.3) is 0 Å². The van der Waals surface area contributed by atoms with Gasteiger partial charge in [0.25, 0.3) is 0 Å². The van der Waals surface area contributed by atoms with Gasteiger partial charge in [0.2, 0.25) is 0 Å². The molecule has 1 aromatic heterocycles. The van der Waals surface area contributed by atoms with Crippen LogP contribution in [-0.4, -0.2) is 34.3 Å². The van der Waals surface area contributed by atoms with Gasteiger partial charge in [0.15, 0.2) is 11.0 Å². The molecule has 19 heavy (non-hydrogen) atoms. The van der Waals surface area contributed by atoms with E-state index in [1.54, 1.807) is 0 Å². The van der Waals surface area contributed by atoms with E-state index in [4.69, 9.17) is 11.6 Å². The van der Waals surface area contributed by atoms with Gasteiger partial charge >= 0.3 is 0 Å². The van der Waals surface area contributed by atoms with Gasteiger partial charge in [0, 0.05) is 19.5 Å². The highest BCUT2D eigenvalue weighted by Gasteiger charge is 2.24. The van der Waals surface area contributed by atoms with Gasteiger partial charge < -0.3 is 15.0 Å². The van der Waals surface area contributed by atoms with E-state index in [2.05, 4.69) is 22.1 Å². The van der Waals surface area contributed by atoms with Gasteiger partial charge in [0.1, 0.15) is 5.82 Å². The number of nitrogens with zero attached hydrogens (tertiary/aromatic N) is 2. The first-order valence-electron chi connectivity index (χ1n) is 6.43. The number of β-amino-alcohol motifs (C(OH)–C–C–N with tert-alkyl or cyclic N) is 1. The SMILES string of the molecule is OC1CCN(c2nc(Cc3ccccc3)[nH]c2Cl)C1. The minimum atomic E-state index is -0.273. The van der Waals surface area contributed by atoms with Crippen LogP contribution >= 0.6 is 11.6 Å². The maximum Gasteiger partial charge on any atom is 0.166 e. The molecule has 0 radical (unpaired) electrons. The highest BCUT2D eigenvalue weighted by Crippen LogP contribution is 2.27. The number of rotatable bonds is 3. The minimum absolute atomic E-state index is 0.273. The molecule has 5 heteroatoms. The molecular formula is C14H16ClN3O. The van der Waals surface area contributed by atoms with Crippen molar-refractivity contribution in [2.45, 2.75) is 18.9 Å². The van der Waals surface area contributed by atoms with E-state index in [0.29, 0.717) is 11.7 Å². The summed E-state index contributed by atoms with van der Waals surface area (Å²) in [5, 5.41) is 10.1. The fourth-order valence-corrected chi connectivity index (χ4v) is 2.67. The van der Waals surface area contributed by atoms with E-state index in [0.717, 1.165) is 31.0 Å². The Morgan fingerprint density at radius 2 is 2.16 bits per heavy atom. The van der Waals surface area contributed by atoms with Crippen molar-refractivity contribution in [1.82, 2.24) is 9.97 Å². The minimum Gasteiger partial charge on any atom is -0.391 e. The number of aliphatic hydroxyl groups excluding tert-OH is 1. The lowest BCUT2D eigenvalue weighted by Crippen LogP contribution is -2.21. The molecule has 2 aromatic rings. The fraction of sp³-hybridized carbons (Fsp3) is 0.357. The zero-order valence-corrected chi connectivity index (χ0v) is 11.3. The maximum atomic E-state index is 9.57. The predicted octanol–water partition coefficient (Wildman–Crippen LogP) is 2.22. The second-order valence-corrected chi connectivity index (χ2v) is 5.25. The molecule has 100 valence electrons. The van der Waals surface area contributed by atoms with Crippen molar-refractivity contribution in [3.63, 3.8) is 0 Å². The van der Waals surface area contributed by atoms with Crippen molar-refractivity contribution < 1.29 is 5.11 Å². The molecule has 2 N–H and O–H groups in total. The Morgan fingerprint density at radius 3 is 2.84 bits per heavy atom. The molecule has 1 aliphatic rings. The third kappa shape index (κ3) is 2.74. The molecule has 0 saturated carbocycles. The Hall–Kier alpha value is -1.52. The Morgan fingerprint density at radius 1 is 1.37 bits per heavy atom. The molecule has 2 heterocycles. The number of benzene rings is 1. The summed E-state index contributed by atoms with van der Waals surface area (Å²) in [6.07, 6.45) is 1.24. The van der Waals surface area contributed by atoms with Crippen LogP contribution in [0.1, 0.15) is 17.8 Å². The van der Waals surface area contributed by atoms with Crippen LogP contribution in [0.3, 0.4) is 0 Å². The molecule has 1 aromatic carbocycles. The highest BCUT2D eigenvalue weighted by atomic mass is 35.5. The number of hydrogen-bond donors (Lipinski definition) is 2. The van der Waals surface area contributed by atoms with Crippen molar-refractivity contribution in [2.24, 2.45) is 0 Å². The molecule has 3 rings (SSSR count). The number of hydrogen-bond acceptors (Lipinski definition) is 3. The second kappa shape index (κ2) is 5.23. The number of nitrogens with one attached hydrogen (secondary N) is 1. The fourth-order valence-electron chi connectivity index (χ4n) is 2.40. The van der Waals surface area contributed by atoms with Crippen LogP contribution in [0.5, 0.6) is 0 Å². The number of anilines is 1. The summed E-state index contributed by atoms with van der Waals surface area (Å²) >= 11 is 6.20. The summed E-state index contributed by atoms with van der Waals surface area (Å²) in [5.41, 5.74) is 1.20. The van der Waals surface area contributed by atoms with E-state index < -0.39 is 0 Å². The number of H-pyrrole nitrogens is 1. The normalized spacial score (nSPS) is 19.1. The van der Waals surface area contributed by atoms with Crippen molar-refractivity contribution >= 4 is 17.4 Å². The van der Waals surface area contributed by atoms with E-state index in [1.807, 2.05) is 23.1 Å². The molecule has 0 aliphatic carbocycles. The van der Waals surface area contributed by atoms with Gasteiger partial charge in [-0.05, 0) is 12.0 Å². The number of halogens is 1. The zero-order chi connectivity index (χ0) is 13.2. The molecule has 1 aliphatic heterocycles. The third-order valence-corrected chi connectivity index (χ3v) is 3.63. The summed E-state index contributed by atoms with van der Waals surface area (Å²) in [7, 11) is 0. The Labute approximate surface area is 117 Å². The molecule has 1 fully saturated rings. The molecule has 0 amide bonds. The number of aromatic nitrogens is 2. The Bertz CT molecular complexity index is 555. The van der Waals surface area contributed by atoms with Gasteiger partial charge in [-0.15, -0.1) is 0 Å².